The quantitative estimate of drug-likeness (QED) is 0.651. The van der Waals surface area contributed by atoms with Crippen molar-refractivity contribution in [3.05, 3.63) is 77.6 Å². The number of hydrogen-bond donors (Lipinski definition) is 1. The first-order valence-corrected chi connectivity index (χ1v) is 10.0. The zero-order valence-electron chi connectivity index (χ0n) is 17.1. The monoisotopic (exact) mass is 400 g/mol. The van der Waals surface area contributed by atoms with Gasteiger partial charge in [-0.25, -0.2) is 4.68 Å². The molecule has 1 aliphatic rings. The van der Waals surface area contributed by atoms with Crippen molar-refractivity contribution in [3.8, 4) is 5.69 Å². The number of rotatable bonds is 5. The lowest BCUT2D eigenvalue weighted by Crippen LogP contribution is -2.23. The van der Waals surface area contributed by atoms with E-state index in [-0.39, 0.29) is 11.8 Å². The van der Waals surface area contributed by atoms with Crippen LogP contribution in [0.4, 0.5) is 11.4 Å². The maximum absolute atomic E-state index is 12.5. The SMILES string of the molecule is Cc1cc(C)n(-c2ccccc2NC(=O)/C=C/c2ccc(N3CCCC3=O)cc2)n1. The molecule has 0 radical (unpaired) electrons. The Labute approximate surface area is 175 Å². The van der Waals surface area contributed by atoms with Crippen molar-refractivity contribution in [1.82, 2.24) is 9.78 Å². The largest absolute Gasteiger partial charge is 0.321 e. The Morgan fingerprint density at radius 2 is 1.87 bits per heavy atom. The highest BCUT2D eigenvalue weighted by molar-refractivity contribution is 6.03. The molecule has 0 aliphatic carbocycles. The number of nitrogens with one attached hydrogen (secondary N) is 1. The van der Waals surface area contributed by atoms with Gasteiger partial charge in [-0.15, -0.1) is 0 Å². The summed E-state index contributed by atoms with van der Waals surface area (Å²) >= 11 is 0. The minimum absolute atomic E-state index is 0.166. The van der Waals surface area contributed by atoms with Crippen molar-refractivity contribution in [3.63, 3.8) is 0 Å². The van der Waals surface area contributed by atoms with Crippen LogP contribution in [0, 0.1) is 13.8 Å². The zero-order valence-corrected chi connectivity index (χ0v) is 17.1. The smallest absolute Gasteiger partial charge is 0.248 e. The number of para-hydroxylation sites is 2. The number of anilines is 2. The molecule has 6 nitrogen and oxygen atoms in total. The van der Waals surface area contributed by atoms with Crippen LogP contribution in [0.15, 0.2) is 60.7 Å². The van der Waals surface area contributed by atoms with E-state index in [1.54, 1.807) is 11.0 Å². The molecule has 1 aliphatic heterocycles. The molecule has 0 spiro atoms. The molecule has 6 heteroatoms. The third kappa shape index (κ3) is 4.17. The van der Waals surface area contributed by atoms with Crippen LogP contribution in [0.25, 0.3) is 11.8 Å². The Hall–Kier alpha value is -3.67. The maximum Gasteiger partial charge on any atom is 0.248 e. The second-order valence-corrected chi connectivity index (χ2v) is 7.42. The Bertz CT molecular complexity index is 1110. The van der Waals surface area contributed by atoms with Gasteiger partial charge >= 0.3 is 0 Å². The summed E-state index contributed by atoms with van der Waals surface area (Å²) in [6.45, 7) is 4.70. The van der Waals surface area contributed by atoms with Crippen molar-refractivity contribution < 1.29 is 9.59 Å². The molecule has 4 rings (SSSR count). The lowest BCUT2D eigenvalue weighted by atomic mass is 10.2. The number of hydrogen-bond acceptors (Lipinski definition) is 3. The third-order valence-corrected chi connectivity index (χ3v) is 5.11. The third-order valence-electron chi connectivity index (χ3n) is 5.11. The molecular formula is C24H24N4O2. The molecule has 152 valence electrons. The standard InChI is InChI=1S/C24H24N4O2/c1-17-16-18(2)28(26-17)22-7-4-3-6-21(22)25-23(29)14-11-19-9-12-20(13-10-19)27-15-5-8-24(27)30/h3-4,6-7,9-14,16H,5,8,15H2,1-2H3,(H,25,29)/b14-11+. The second-order valence-electron chi connectivity index (χ2n) is 7.42. The van der Waals surface area contributed by atoms with Gasteiger partial charge in [-0.2, -0.15) is 5.10 Å². The maximum atomic E-state index is 12.5. The van der Waals surface area contributed by atoms with Gasteiger partial charge in [0.2, 0.25) is 11.8 Å². The Balaban J connectivity index is 1.46. The molecule has 1 N–H and O–H groups in total. The van der Waals surface area contributed by atoms with Gasteiger partial charge in [0.15, 0.2) is 0 Å². The molecule has 30 heavy (non-hydrogen) atoms. The molecule has 0 bridgehead atoms. The van der Waals surface area contributed by atoms with Crippen LogP contribution in [-0.4, -0.2) is 28.1 Å². The average molecular weight is 400 g/mol. The van der Waals surface area contributed by atoms with Crippen molar-refractivity contribution in [2.45, 2.75) is 26.7 Å². The molecule has 1 saturated heterocycles. The summed E-state index contributed by atoms with van der Waals surface area (Å²) in [5, 5.41) is 7.45. The predicted octanol–water partition coefficient (Wildman–Crippen LogP) is 4.27. The molecule has 0 atom stereocenters. The van der Waals surface area contributed by atoms with Crippen molar-refractivity contribution in [2.24, 2.45) is 0 Å². The summed E-state index contributed by atoms with van der Waals surface area (Å²) in [6, 6.07) is 17.2. The van der Waals surface area contributed by atoms with E-state index in [0.29, 0.717) is 12.1 Å². The van der Waals surface area contributed by atoms with Crippen LogP contribution in [-0.2, 0) is 9.59 Å². The molecule has 0 unspecified atom stereocenters. The van der Waals surface area contributed by atoms with Crippen molar-refractivity contribution in [1.29, 1.82) is 0 Å². The first-order chi connectivity index (χ1) is 14.5. The van der Waals surface area contributed by atoms with Gasteiger partial charge in [0.1, 0.15) is 0 Å². The van der Waals surface area contributed by atoms with Crippen LogP contribution in [0.2, 0.25) is 0 Å². The Kier molecular flexibility index (Phi) is 5.48. The first kappa shape index (κ1) is 19.6. The Morgan fingerprint density at radius 1 is 1.10 bits per heavy atom. The van der Waals surface area contributed by atoms with Crippen molar-refractivity contribution >= 4 is 29.3 Å². The van der Waals surface area contributed by atoms with Crippen LogP contribution < -0.4 is 10.2 Å². The van der Waals surface area contributed by atoms with Gasteiger partial charge < -0.3 is 10.2 Å². The summed E-state index contributed by atoms with van der Waals surface area (Å²) in [5.41, 5.74) is 5.24. The molecule has 1 aromatic heterocycles. The summed E-state index contributed by atoms with van der Waals surface area (Å²) in [6.07, 6.45) is 4.78. The van der Waals surface area contributed by atoms with Crippen LogP contribution in [0.3, 0.4) is 0 Å². The van der Waals surface area contributed by atoms with E-state index in [1.165, 1.54) is 6.08 Å². The number of aromatic nitrogens is 2. The lowest BCUT2D eigenvalue weighted by Gasteiger charge is -2.15. The molecule has 2 aromatic carbocycles. The molecule has 1 fully saturated rings. The van der Waals surface area contributed by atoms with E-state index in [4.69, 9.17) is 0 Å². The second kappa shape index (κ2) is 8.37. The first-order valence-electron chi connectivity index (χ1n) is 10.0. The van der Waals surface area contributed by atoms with Gasteiger partial charge in [-0.1, -0.05) is 24.3 Å². The molecular weight excluding hydrogens is 376 g/mol. The van der Waals surface area contributed by atoms with Gasteiger partial charge in [-0.05, 0) is 62.2 Å². The molecule has 0 saturated carbocycles. The zero-order chi connectivity index (χ0) is 21.1. The van der Waals surface area contributed by atoms with Gasteiger partial charge in [-0.3, -0.25) is 9.59 Å². The van der Waals surface area contributed by atoms with Gasteiger partial charge in [0.25, 0.3) is 0 Å². The minimum Gasteiger partial charge on any atom is -0.321 e. The summed E-state index contributed by atoms with van der Waals surface area (Å²) in [7, 11) is 0. The fourth-order valence-corrected chi connectivity index (χ4v) is 3.67. The van der Waals surface area contributed by atoms with Crippen LogP contribution in [0.5, 0.6) is 0 Å². The number of nitrogens with zero attached hydrogens (tertiary/aromatic N) is 3. The normalized spacial score (nSPS) is 13.9. The Morgan fingerprint density at radius 3 is 2.53 bits per heavy atom. The minimum atomic E-state index is -0.220. The number of benzene rings is 2. The molecule has 3 aromatic rings. The number of amides is 2. The highest BCUT2D eigenvalue weighted by Gasteiger charge is 2.21. The summed E-state index contributed by atoms with van der Waals surface area (Å²) in [4.78, 5) is 26.2. The van der Waals surface area contributed by atoms with Gasteiger partial charge in [0.05, 0.1) is 17.1 Å². The van der Waals surface area contributed by atoms with E-state index in [2.05, 4.69) is 10.4 Å². The number of aryl methyl sites for hydroxylation is 2. The summed E-state index contributed by atoms with van der Waals surface area (Å²) < 4.78 is 1.83. The van der Waals surface area contributed by atoms with E-state index >= 15 is 0 Å². The van der Waals surface area contributed by atoms with E-state index < -0.39 is 0 Å². The topological polar surface area (TPSA) is 67.2 Å². The highest BCUT2D eigenvalue weighted by atomic mass is 16.2. The fourth-order valence-electron chi connectivity index (χ4n) is 3.67. The van der Waals surface area contributed by atoms with Crippen LogP contribution >= 0.6 is 0 Å². The predicted molar refractivity (Wildman–Crippen MR) is 119 cm³/mol. The van der Waals surface area contributed by atoms with E-state index in [1.807, 2.05) is 73.1 Å². The summed E-state index contributed by atoms with van der Waals surface area (Å²) in [5.74, 6) is -0.0540. The highest BCUT2D eigenvalue weighted by Crippen LogP contribution is 2.23. The number of carbonyl (C=O) groups excluding carboxylic acids is 2. The molecule has 2 amide bonds. The lowest BCUT2D eigenvalue weighted by molar-refractivity contribution is -0.117. The number of carbonyl (C=O) groups is 2. The van der Waals surface area contributed by atoms with E-state index in [9.17, 15) is 9.59 Å². The fraction of sp³-hybridized carbons (Fsp3) is 0.208. The van der Waals surface area contributed by atoms with E-state index in [0.717, 1.165) is 41.3 Å². The van der Waals surface area contributed by atoms with Crippen LogP contribution in [0.1, 0.15) is 29.8 Å². The van der Waals surface area contributed by atoms with Gasteiger partial charge in [0, 0.05) is 30.4 Å². The van der Waals surface area contributed by atoms with Crippen molar-refractivity contribution in [2.75, 3.05) is 16.8 Å². The molecule has 2 heterocycles. The average Bonchev–Trinajstić information content (AvgIpc) is 3.31.